The molecule has 0 aliphatic carbocycles. The Labute approximate surface area is 109 Å². The zero-order valence-corrected chi connectivity index (χ0v) is 10.1. The first-order valence-corrected chi connectivity index (χ1v) is 5.94. The number of benzene rings is 1. The van der Waals surface area contributed by atoms with Crippen LogP contribution in [0, 0.1) is 10.1 Å². The molecule has 1 saturated heterocycles. The number of ether oxygens (including phenoxy) is 2. The minimum Gasteiger partial charge on any atom is -0.458 e. The van der Waals surface area contributed by atoms with E-state index in [4.69, 9.17) is 14.6 Å². The van der Waals surface area contributed by atoms with Crippen LogP contribution in [0.3, 0.4) is 0 Å². The molecule has 7 heteroatoms. The van der Waals surface area contributed by atoms with Crippen molar-refractivity contribution >= 4 is 5.69 Å². The van der Waals surface area contributed by atoms with Gasteiger partial charge in [0.05, 0.1) is 23.7 Å². The Hall–Kier alpha value is -1.70. The highest BCUT2D eigenvalue weighted by Crippen LogP contribution is 2.29. The Morgan fingerprint density at radius 1 is 1.42 bits per heavy atom. The molecule has 0 amide bonds. The molecule has 1 heterocycles. The van der Waals surface area contributed by atoms with Crippen molar-refractivity contribution in [2.45, 2.75) is 31.3 Å². The minimum atomic E-state index is -0.804. The molecule has 0 radical (unpaired) electrons. The summed E-state index contributed by atoms with van der Waals surface area (Å²) in [6.07, 6.45) is -1.44. The average Bonchev–Trinajstić information content (AvgIpc) is 2.38. The van der Waals surface area contributed by atoms with E-state index in [1.807, 2.05) is 0 Å². The maximum atomic E-state index is 10.8. The molecule has 2 rings (SSSR count). The number of aliphatic hydroxyl groups excluding tert-OH is 2. The van der Waals surface area contributed by atoms with E-state index in [0.29, 0.717) is 6.42 Å². The summed E-state index contributed by atoms with van der Waals surface area (Å²) in [4.78, 5) is 10.3. The van der Waals surface area contributed by atoms with Crippen LogP contribution in [0.4, 0.5) is 5.69 Å². The number of para-hydroxylation sites is 2. The lowest BCUT2D eigenvalue weighted by molar-refractivity contribution is -0.386. The van der Waals surface area contributed by atoms with E-state index >= 15 is 0 Å². The van der Waals surface area contributed by atoms with Crippen LogP contribution < -0.4 is 4.74 Å². The molecule has 104 valence electrons. The molecule has 1 fully saturated rings. The predicted molar refractivity (Wildman–Crippen MR) is 64.7 cm³/mol. The fourth-order valence-electron chi connectivity index (χ4n) is 1.99. The van der Waals surface area contributed by atoms with Gasteiger partial charge in [-0.2, -0.15) is 0 Å². The summed E-state index contributed by atoms with van der Waals surface area (Å²) in [7, 11) is 0. The van der Waals surface area contributed by atoms with Crippen molar-refractivity contribution in [1.82, 2.24) is 0 Å². The van der Waals surface area contributed by atoms with Crippen LogP contribution in [0.2, 0.25) is 0 Å². The Morgan fingerprint density at radius 3 is 2.84 bits per heavy atom. The molecular weight excluding hydrogens is 254 g/mol. The minimum absolute atomic E-state index is 0.0864. The van der Waals surface area contributed by atoms with Crippen LogP contribution in [0.25, 0.3) is 0 Å². The molecule has 1 aliphatic rings. The second kappa shape index (κ2) is 5.96. The number of nitro groups is 1. The van der Waals surface area contributed by atoms with Gasteiger partial charge >= 0.3 is 5.69 Å². The van der Waals surface area contributed by atoms with Crippen molar-refractivity contribution in [2.24, 2.45) is 0 Å². The highest BCUT2D eigenvalue weighted by Gasteiger charge is 2.30. The van der Waals surface area contributed by atoms with Crippen molar-refractivity contribution in [2.75, 3.05) is 6.61 Å². The summed E-state index contributed by atoms with van der Waals surface area (Å²) in [6, 6.07) is 5.96. The molecular formula is C12H15NO6. The second-order valence-corrected chi connectivity index (χ2v) is 4.34. The van der Waals surface area contributed by atoms with Gasteiger partial charge in [0.2, 0.25) is 6.29 Å². The van der Waals surface area contributed by atoms with Gasteiger partial charge in [-0.3, -0.25) is 10.1 Å². The van der Waals surface area contributed by atoms with Crippen LogP contribution in [-0.4, -0.2) is 40.2 Å². The second-order valence-electron chi connectivity index (χ2n) is 4.34. The number of hydrogen-bond acceptors (Lipinski definition) is 6. The third-order valence-corrected chi connectivity index (χ3v) is 2.87. The van der Waals surface area contributed by atoms with E-state index in [1.54, 1.807) is 6.07 Å². The van der Waals surface area contributed by atoms with Crippen LogP contribution in [0.5, 0.6) is 5.75 Å². The van der Waals surface area contributed by atoms with Gasteiger partial charge in [0.1, 0.15) is 0 Å². The molecule has 2 N–H and O–H groups in total. The van der Waals surface area contributed by atoms with E-state index in [9.17, 15) is 15.2 Å². The third-order valence-electron chi connectivity index (χ3n) is 2.87. The van der Waals surface area contributed by atoms with E-state index < -0.39 is 23.4 Å². The molecule has 0 aromatic heterocycles. The lowest BCUT2D eigenvalue weighted by Crippen LogP contribution is -2.40. The molecule has 7 nitrogen and oxygen atoms in total. The molecule has 3 atom stereocenters. The van der Waals surface area contributed by atoms with Crippen molar-refractivity contribution in [1.29, 1.82) is 0 Å². The first-order valence-electron chi connectivity index (χ1n) is 5.94. The van der Waals surface area contributed by atoms with Gasteiger partial charge in [-0.25, -0.2) is 0 Å². The molecule has 1 aromatic rings. The first-order chi connectivity index (χ1) is 9.10. The molecule has 0 saturated carbocycles. The molecule has 19 heavy (non-hydrogen) atoms. The summed E-state index contributed by atoms with van der Waals surface area (Å²) in [5.41, 5.74) is -0.160. The topological polar surface area (TPSA) is 102 Å². The van der Waals surface area contributed by atoms with Crippen LogP contribution in [0.15, 0.2) is 24.3 Å². The Kier molecular flexibility index (Phi) is 4.31. The first kappa shape index (κ1) is 13.7. The quantitative estimate of drug-likeness (QED) is 0.620. The van der Waals surface area contributed by atoms with Gasteiger partial charge in [-0.15, -0.1) is 0 Å². The van der Waals surface area contributed by atoms with Gasteiger partial charge in [0, 0.05) is 18.9 Å². The van der Waals surface area contributed by atoms with E-state index in [-0.39, 0.29) is 24.5 Å². The Bertz CT molecular complexity index is 452. The average molecular weight is 269 g/mol. The number of nitrogens with zero attached hydrogens (tertiary/aromatic N) is 1. The lowest BCUT2D eigenvalue weighted by Gasteiger charge is -2.32. The predicted octanol–water partition coefficient (Wildman–Crippen LogP) is 0.832. The summed E-state index contributed by atoms with van der Waals surface area (Å²) < 4.78 is 10.8. The van der Waals surface area contributed by atoms with Crippen molar-refractivity contribution in [3.8, 4) is 5.75 Å². The summed E-state index contributed by atoms with van der Waals surface area (Å²) in [5.74, 6) is 0.0864. The van der Waals surface area contributed by atoms with Crippen LogP contribution >= 0.6 is 0 Å². The summed E-state index contributed by atoms with van der Waals surface area (Å²) in [6.45, 7) is -0.228. The normalized spacial score (nSPS) is 26.9. The molecule has 0 bridgehead atoms. The highest BCUT2D eigenvalue weighted by atomic mass is 16.7. The zero-order chi connectivity index (χ0) is 13.8. The molecule has 3 unspecified atom stereocenters. The fourth-order valence-corrected chi connectivity index (χ4v) is 1.99. The van der Waals surface area contributed by atoms with Gasteiger partial charge < -0.3 is 19.7 Å². The third kappa shape index (κ3) is 3.40. The van der Waals surface area contributed by atoms with Crippen molar-refractivity contribution in [3.63, 3.8) is 0 Å². The lowest BCUT2D eigenvalue weighted by atomic mass is 10.1. The van der Waals surface area contributed by atoms with Gasteiger partial charge in [0.25, 0.3) is 0 Å². The van der Waals surface area contributed by atoms with Gasteiger partial charge in [-0.05, 0) is 6.07 Å². The zero-order valence-electron chi connectivity index (χ0n) is 10.1. The van der Waals surface area contributed by atoms with E-state index in [0.717, 1.165) is 0 Å². The van der Waals surface area contributed by atoms with Crippen molar-refractivity contribution in [3.05, 3.63) is 34.4 Å². The Balaban J connectivity index is 2.10. The maximum absolute atomic E-state index is 10.8. The molecule has 1 aliphatic heterocycles. The SMILES string of the molecule is O=[N+]([O-])c1ccccc1OC1CC(O)CC(CO)O1. The molecule has 1 aromatic carbocycles. The number of rotatable bonds is 4. The monoisotopic (exact) mass is 269 g/mol. The van der Waals surface area contributed by atoms with Crippen LogP contribution in [0.1, 0.15) is 12.8 Å². The fraction of sp³-hybridized carbons (Fsp3) is 0.500. The number of aliphatic hydroxyl groups is 2. The van der Waals surface area contributed by atoms with Crippen LogP contribution in [-0.2, 0) is 4.74 Å². The Morgan fingerprint density at radius 2 is 2.16 bits per heavy atom. The van der Waals surface area contributed by atoms with Crippen molar-refractivity contribution < 1.29 is 24.6 Å². The summed E-state index contributed by atoms with van der Waals surface area (Å²) >= 11 is 0. The summed E-state index contributed by atoms with van der Waals surface area (Å²) in [5, 5.41) is 29.5. The number of nitro benzene ring substituents is 1. The smallest absolute Gasteiger partial charge is 0.311 e. The standard InChI is InChI=1S/C12H15NO6/c14-7-9-5-8(15)6-12(18-9)19-11-4-2-1-3-10(11)13(16)17/h1-4,8-9,12,14-15H,5-7H2. The van der Waals surface area contributed by atoms with Gasteiger partial charge in [-0.1, -0.05) is 12.1 Å². The highest BCUT2D eigenvalue weighted by molar-refractivity contribution is 5.45. The largest absolute Gasteiger partial charge is 0.458 e. The molecule has 0 spiro atoms. The van der Waals surface area contributed by atoms with E-state index in [1.165, 1.54) is 18.2 Å². The van der Waals surface area contributed by atoms with Gasteiger partial charge in [0.15, 0.2) is 5.75 Å². The maximum Gasteiger partial charge on any atom is 0.311 e. The number of hydrogen-bond donors (Lipinski definition) is 2. The van der Waals surface area contributed by atoms with E-state index in [2.05, 4.69) is 0 Å².